The molecule has 2 nitrogen and oxygen atoms in total. The lowest BCUT2D eigenvalue weighted by atomic mass is 10.1. The zero-order valence-electron chi connectivity index (χ0n) is 11.2. The number of halogens is 1. The SMILES string of the molecule is CCN(CC)CC(Cl)c1ccc(OC)c(C)c1. The largest absolute Gasteiger partial charge is 0.496 e. The fraction of sp³-hybridized carbons (Fsp3) is 0.571. The van der Waals surface area contributed by atoms with Gasteiger partial charge in [0, 0.05) is 6.54 Å². The van der Waals surface area contributed by atoms with E-state index in [1.807, 2.05) is 19.1 Å². The summed E-state index contributed by atoms with van der Waals surface area (Å²) in [4.78, 5) is 2.33. The van der Waals surface area contributed by atoms with Crippen LogP contribution in [-0.4, -0.2) is 31.6 Å². The second-order valence-corrected chi connectivity index (χ2v) is 4.71. The van der Waals surface area contributed by atoms with Gasteiger partial charge in [0.15, 0.2) is 0 Å². The molecular formula is C14H22ClNO. The molecule has 1 unspecified atom stereocenters. The zero-order valence-corrected chi connectivity index (χ0v) is 11.9. The molecule has 0 fully saturated rings. The molecular weight excluding hydrogens is 234 g/mol. The Morgan fingerprint density at radius 3 is 2.41 bits per heavy atom. The van der Waals surface area contributed by atoms with E-state index in [1.54, 1.807) is 7.11 Å². The summed E-state index contributed by atoms with van der Waals surface area (Å²) in [7, 11) is 1.69. The first-order valence-corrected chi connectivity index (χ1v) is 6.56. The van der Waals surface area contributed by atoms with Crippen molar-refractivity contribution in [2.45, 2.75) is 26.1 Å². The van der Waals surface area contributed by atoms with Crippen LogP contribution in [0.4, 0.5) is 0 Å². The summed E-state index contributed by atoms with van der Waals surface area (Å²) in [6.07, 6.45) is 0. The molecule has 0 saturated heterocycles. The van der Waals surface area contributed by atoms with Crippen LogP contribution in [0.25, 0.3) is 0 Å². The van der Waals surface area contributed by atoms with Gasteiger partial charge in [-0.2, -0.15) is 0 Å². The van der Waals surface area contributed by atoms with Gasteiger partial charge in [-0.1, -0.05) is 26.0 Å². The number of nitrogens with zero attached hydrogens (tertiary/aromatic N) is 1. The van der Waals surface area contributed by atoms with Gasteiger partial charge in [-0.25, -0.2) is 0 Å². The van der Waals surface area contributed by atoms with Crippen LogP contribution in [-0.2, 0) is 0 Å². The van der Waals surface area contributed by atoms with Crippen molar-refractivity contribution in [3.8, 4) is 5.75 Å². The van der Waals surface area contributed by atoms with Crippen molar-refractivity contribution in [2.24, 2.45) is 0 Å². The number of hydrogen-bond donors (Lipinski definition) is 0. The van der Waals surface area contributed by atoms with E-state index < -0.39 is 0 Å². The van der Waals surface area contributed by atoms with Crippen molar-refractivity contribution in [1.82, 2.24) is 4.90 Å². The number of aryl methyl sites for hydroxylation is 1. The highest BCUT2D eigenvalue weighted by atomic mass is 35.5. The van der Waals surface area contributed by atoms with Gasteiger partial charge in [-0.15, -0.1) is 11.6 Å². The molecule has 0 aliphatic rings. The number of ether oxygens (including phenoxy) is 1. The minimum absolute atomic E-state index is 0.0412. The fourth-order valence-electron chi connectivity index (χ4n) is 1.91. The number of benzene rings is 1. The Kier molecular flexibility index (Phi) is 5.79. The Bertz CT molecular complexity index is 350. The van der Waals surface area contributed by atoms with Crippen molar-refractivity contribution in [3.63, 3.8) is 0 Å². The van der Waals surface area contributed by atoms with Crippen LogP contribution in [0.3, 0.4) is 0 Å². The average Bonchev–Trinajstić information content (AvgIpc) is 2.35. The molecule has 0 saturated carbocycles. The van der Waals surface area contributed by atoms with E-state index in [0.717, 1.165) is 36.5 Å². The molecule has 1 rings (SSSR count). The van der Waals surface area contributed by atoms with E-state index in [4.69, 9.17) is 16.3 Å². The molecule has 0 heterocycles. The molecule has 0 spiro atoms. The van der Waals surface area contributed by atoms with E-state index >= 15 is 0 Å². The summed E-state index contributed by atoms with van der Waals surface area (Å²) in [5, 5.41) is 0.0412. The molecule has 17 heavy (non-hydrogen) atoms. The molecule has 1 atom stereocenters. The zero-order chi connectivity index (χ0) is 12.8. The predicted molar refractivity (Wildman–Crippen MR) is 74.1 cm³/mol. The van der Waals surface area contributed by atoms with Crippen LogP contribution in [0.1, 0.15) is 30.4 Å². The molecule has 0 radical (unpaired) electrons. The van der Waals surface area contributed by atoms with Crippen molar-refractivity contribution >= 4 is 11.6 Å². The van der Waals surface area contributed by atoms with Gasteiger partial charge in [0.05, 0.1) is 12.5 Å². The summed E-state index contributed by atoms with van der Waals surface area (Å²) in [5.74, 6) is 0.917. The van der Waals surface area contributed by atoms with E-state index in [-0.39, 0.29) is 5.38 Å². The Labute approximate surface area is 110 Å². The van der Waals surface area contributed by atoms with Gasteiger partial charge in [0.2, 0.25) is 0 Å². The molecule has 0 amide bonds. The first kappa shape index (κ1) is 14.3. The van der Waals surface area contributed by atoms with Crippen LogP contribution in [0, 0.1) is 6.92 Å². The Hall–Kier alpha value is -0.730. The quantitative estimate of drug-likeness (QED) is 0.720. The predicted octanol–water partition coefficient (Wildman–Crippen LogP) is 3.63. The van der Waals surface area contributed by atoms with E-state index in [0.29, 0.717) is 0 Å². The molecule has 3 heteroatoms. The van der Waals surface area contributed by atoms with E-state index in [9.17, 15) is 0 Å². The van der Waals surface area contributed by atoms with Crippen LogP contribution < -0.4 is 4.74 Å². The molecule has 0 aliphatic carbocycles. The van der Waals surface area contributed by atoms with E-state index in [1.165, 1.54) is 0 Å². The van der Waals surface area contributed by atoms with Gasteiger partial charge in [0.1, 0.15) is 5.75 Å². The minimum Gasteiger partial charge on any atom is -0.496 e. The lowest BCUT2D eigenvalue weighted by Gasteiger charge is -2.22. The van der Waals surface area contributed by atoms with E-state index in [2.05, 4.69) is 24.8 Å². The third-order valence-electron chi connectivity index (χ3n) is 3.09. The normalized spacial score (nSPS) is 12.8. The highest BCUT2D eigenvalue weighted by Gasteiger charge is 2.12. The smallest absolute Gasteiger partial charge is 0.121 e. The minimum atomic E-state index is 0.0412. The number of alkyl halides is 1. The maximum absolute atomic E-state index is 6.44. The fourth-order valence-corrected chi connectivity index (χ4v) is 2.24. The first-order valence-electron chi connectivity index (χ1n) is 6.13. The summed E-state index contributed by atoms with van der Waals surface area (Å²) in [5.41, 5.74) is 2.30. The molecule has 0 aromatic heterocycles. The van der Waals surface area contributed by atoms with Gasteiger partial charge >= 0.3 is 0 Å². The lowest BCUT2D eigenvalue weighted by Crippen LogP contribution is -2.26. The number of hydrogen-bond acceptors (Lipinski definition) is 2. The maximum atomic E-state index is 6.44. The van der Waals surface area contributed by atoms with Gasteiger partial charge in [-0.05, 0) is 37.2 Å². The van der Waals surface area contributed by atoms with Crippen LogP contribution in [0.15, 0.2) is 18.2 Å². The topological polar surface area (TPSA) is 12.5 Å². The molecule has 1 aromatic rings. The van der Waals surface area contributed by atoms with Crippen molar-refractivity contribution < 1.29 is 4.74 Å². The maximum Gasteiger partial charge on any atom is 0.121 e. The summed E-state index contributed by atoms with van der Waals surface area (Å²) in [6, 6.07) is 6.15. The van der Waals surface area contributed by atoms with Crippen LogP contribution in [0.2, 0.25) is 0 Å². The van der Waals surface area contributed by atoms with Gasteiger partial charge < -0.3 is 9.64 Å². The monoisotopic (exact) mass is 255 g/mol. The third-order valence-corrected chi connectivity index (χ3v) is 3.48. The standard InChI is InChI=1S/C14H22ClNO/c1-5-16(6-2)10-13(15)12-7-8-14(17-4)11(3)9-12/h7-9,13H,5-6,10H2,1-4H3. The summed E-state index contributed by atoms with van der Waals surface area (Å²) in [6.45, 7) is 9.33. The molecule has 96 valence electrons. The lowest BCUT2D eigenvalue weighted by molar-refractivity contribution is 0.304. The number of methoxy groups -OCH3 is 1. The molecule has 1 aromatic carbocycles. The van der Waals surface area contributed by atoms with Gasteiger partial charge in [0.25, 0.3) is 0 Å². The van der Waals surface area contributed by atoms with Crippen molar-refractivity contribution in [1.29, 1.82) is 0 Å². The van der Waals surface area contributed by atoms with Crippen molar-refractivity contribution in [3.05, 3.63) is 29.3 Å². The molecule has 0 N–H and O–H groups in total. The molecule has 0 aliphatic heterocycles. The Morgan fingerprint density at radius 1 is 1.29 bits per heavy atom. The highest BCUT2D eigenvalue weighted by Crippen LogP contribution is 2.26. The first-order chi connectivity index (χ1) is 8.12. The average molecular weight is 256 g/mol. The van der Waals surface area contributed by atoms with Crippen LogP contribution >= 0.6 is 11.6 Å². The van der Waals surface area contributed by atoms with Crippen molar-refractivity contribution in [2.75, 3.05) is 26.7 Å². The summed E-state index contributed by atoms with van der Waals surface area (Å²) < 4.78 is 5.25. The summed E-state index contributed by atoms with van der Waals surface area (Å²) >= 11 is 6.44. The number of likely N-dealkylation sites (N-methyl/N-ethyl adjacent to an activating group) is 1. The second kappa shape index (κ2) is 6.87. The Balaban J connectivity index is 2.75. The van der Waals surface area contributed by atoms with Gasteiger partial charge in [-0.3, -0.25) is 0 Å². The highest BCUT2D eigenvalue weighted by molar-refractivity contribution is 6.21. The second-order valence-electron chi connectivity index (χ2n) is 4.18. The molecule has 0 bridgehead atoms. The third kappa shape index (κ3) is 3.90. The number of rotatable bonds is 6. The van der Waals surface area contributed by atoms with Crippen LogP contribution in [0.5, 0.6) is 5.75 Å². The Morgan fingerprint density at radius 2 is 1.94 bits per heavy atom.